The molecule has 1 aliphatic heterocycles. The van der Waals surface area contributed by atoms with Crippen LogP contribution in [0.25, 0.3) is 0 Å². The molecular weight excluding hydrogens is 380 g/mol. The van der Waals surface area contributed by atoms with E-state index in [-0.39, 0.29) is 18.8 Å². The smallest absolute Gasteiger partial charge is 0.282 e. The molecule has 2 aliphatic carbocycles. The van der Waals surface area contributed by atoms with Crippen molar-refractivity contribution in [1.82, 2.24) is 10.3 Å². The number of hydrogen-bond acceptors (Lipinski definition) is 5. The van der Waals surface area contributed by atoms with E-state index in [9.17, 15) is 18.7 Å². The van der Waals surface area contributed by atoms with Crippen molar-refractivity contribution in [1.29, 1.82) is 0 Å². The third-order valence-electron chi connectivity index (χ3n) is 5.86. The Morgan fingerprint density at radius 3 is 2.55 bits per heavy atom. The first-order valence-electron chi connectivity index (χ1n) is 10.4. The van der Waals surface area contributed by atoms with Gasteiger partial charge in [0.15, 0.2) is 11.4 Å². The summed E-state index contributed by atoms with van der Waals surface area (Å²) in [6, 6.07) is 1.23. The zero-order valence-electron chi connectivity index (χ0n) is 17.0. The summed E-state index contributed by atoms with van der Waals surface area (Å²) >= 11 is 0. The van der Waals surface area contributed by atoms with Crippen LogP contribution in [0.15, 0.2) is 12.3 Å². The largest absolute Gasteiger partial charge is 0.491 e. The van der Waals surface area contributed by atoms with Gasteiger partial charge in [0.2, 0.25) is 0 Å². The lowest BCUT2D eigenvalue weighted by atomic mass is 9.93. The zero-order valence-corrected chi connectivity index (χ0v) is 17.0. The Morgan fingerprint density at radius 2 is 2.00 bits per heavy atom. The number of nitrogens with one attached hydrogen (secondary N) is 1. The predicted octanol–water partition coefficient (Wildman–Crippen LogP) is 3.00. The number of aromatic nitrogens is 1. The van der Waals surface area contributed by atoms with Crippen molar-refractivity contribution in [3.8, 4) is 5.75 Å². The van der Waals surface area contributed by atoms with Gasteiger partial charge in [-0.25, -0.2) is 13.8 Å². The van der Waals surface area contributed by atoms with E-state index in [2.05, 4.69) is 10.3 Å². The van der Waals surface area contributed by atoms with Gasteiger partial charge in [0.05, 0.1) is 43.2 Å². The first-order chi connectivity index (χ1) is 13.6. The number of anilines is 1. The van der Waals surface area contributed by atoms with Crippen LogP contribution in [0.4, 0.5) is 14.5 Å². The van der Waals surface area contributed by atoms with Crippen molar-refractivity contribution < 1.29 is 23.4 Å². The molecule has 4 rings (SSSR count). The molecule has 0 unspecified atom stereocenters. The number of amides is 1. The van der Waals surface area contributed by atoms with E-state index in [1.54, 1.807) is 19.9 Å². The van der Waals surface area contributed by atoms with Crippen molar-refractivity contribution in [2.45, 2.75) is 63.5 Å². The number of pyridine rings is 1. The minimum atomic E-state index is -2.69. The Balaban J connectivity index is 1.51. The monoisotopic (exact) mass is 409 g/mol. The molecule has 0 radical (unpaired) electrons. The number of nitrogens with zero attached hydrogens (tertiary/aromatic N) is 2. The van der Waals surface area contributed by atoms with Gasteiger partial charge in [-0.3, -0.25) is 4.79 Å². The van der Waals surface area contributed by atoms with Crippen molar-refractivity contribution in [2.75, 3.05) is 24.6 Å². The molecule has 1 atom stereocenters. The van der Waals surface area contributed by atoms with Crippen LogP contribution in [-0.2, 0) is 0 Å². The van der Waals surface area contributed by atoms with Crippen LogP contribution >= 0.6 is 0 Å². The molecule has 1 saturated heterocycles. The highest BCUT2D eigenvalue weighted by atomic mass is 19.3. The standard InChI is InChI=1S/C21H29F2N3O3/c1-20(2,28)17(7-13-3-4-13)25-19(27)18-16(29-10-14-5-6-14)8-15(9-24-18)26-11-21(22,23)12-26/h8-9,13-14,17,28H,3-7,10-12H2,1-2H3,(H,25,27)/t17-/m0/s1. The number of rotatable bonds is 9. The number of halogens is 2. The summed E-state index contributed by atoms with van der Waals surface area (Å²) in [4.78, 5) is 18.7. The maximum atomic E-state index is 13.2. The molecule has 1 amide bonds. The topological polar surface area (TPSA) is 74.7 Å². The maximum absolute atomic E-state index is 13.2. The quantitative estimate of drug-likeness (QED) is 0.656. The first kappa shape index (κ1) is 20.3. The van der Waals surface area contributed by atoms with Gasteiger partial charge >= 0.3 is 0 Å². The molecule has 2 saturated carbocycles. The molecule has 2 heterocycles. The van der Waals surface area contributed by atoms with Crippen LogP contribution in [0.1, 0.15) is 56.4 Å². The Labute approximate surface area is 169 Å². The number of ether oxygens (including phenoxy) is 1. The Morgan fingerprint density at radius 1 is 1.34 bits per heavy atom. The lowest BCUT2D eigenvalue weighted by molar-refractivity contribution is -0.0263. The van der Waals surface area contributed by atoms with E-state index in [4.69, 9.17) is 4.74 Å². The van der Waals surface area contributed by atoms with Crippen molar-refractivity contribution in [2.24, 2.45) is 11.8 Å². The minimum absolute atomic E-state index is 0.131. The molecule has 0 bridgehead atoms. The van der Waals surface area contributed by atoms with Crippen LogP contribution in [0.5, 0.6) is 5.75 Å². The van der Waals surface area contributed by atoms with Crippen LogP contribution in [-0.4, -0.2) is 53.3 Å². The average Bonchev–Trinajstić information content (AvgIpc) is 3.50. The molecule has 3 fully saturated rings. The molecule has 0 spiro atoms. The van der Waals surface area contributed by atoms with E-state index in [1.807, 2.05) is 0 Å². The average molecular weight is 409 g/mol. The summed E-state index contributed by atoms with van der Waals surface area (Å²) in [5.74, 6) is -1.79. The third-order valence-corrected chi connectivity index (χ3v) is 5.86. The summed E-state index contributed by atoms with van der Waals surface area (Å²) in [5, 5.41) is 13.4. The summed E-state index contributed by atoms with van der Waals surface area (Å²) < 4.78 is 32.3. The predicted molar refractivity (Wildman–Crippen MR) is 105 cm³/mol. The van der Waals surface area contributed by atoms with E-state index in [1.165, 1.54) is 11.1 Å². The Kier molecular flexibility index (Phi) is 5.17. The molecule has 160 valence electrons. The van der Waals surface area contributed by atoms with Crippen LogP contribution in [0, 0.1) is 11.8 Å². The molecule has 29 heavy (non-hydrogen) atoms. The fourth-order valence-electron chi connectivity index (χ4n) is 3.51. The summed E-state index contributed by atoms with van der Waals surface area (Å²) in [6.45, 7) is 3.14. The number of carbonyl (C=O) groups is 1. The van der Waals surface area contributed by atoms with Crippen molar-refractivity contribution in [3.63, 3.8) is 0 Å². The highest BCUT2D eigenvalue weighted by Crippen LogP contribution is 2.37. The number of alkyl halides is 2. The van der Waals surface area contributed by atoms with Crippen LogP contribution in [0.3, 0.4) is 0 Å². The number of aliphatic hydroxyl groups is 1. The van der Waals surface area contributed by atoms with Gasteiger partial charge in [-0.2, -0.15) is 0 Å². The van der Waals surface area contributed by atoms with Gasteiger partial charge < -0.3 is 20.1 Å². The second-order valence-electron chi connectivity index (χ2n) is 9.37. The first-order valence-corrected chi connectivity index (χ1v) is 10.4. The van der Waals surface area contributed by atoms with E-state index < -0.39 is 23.5 Å². The molecule has 8 heteroatoms. The summed E-state index contributed by atoms with van der Waals surface area (Å²) in [6.07, 6.45) is 6.57. The molecule has 2 N–H and O–H groups in total. The van der Waals surface area contributed by atoms with E-state index in [0.29, 0.717) is 36.3 Å². The fourth-order valence-corrected chi connectivity index (χ4v) is 3.51. The van der Waals surface area contributed by atoms with Gasteiger partial charge in [0.1, 0.15) is 0 Å². The molecular formula is C21H29F2N3O3. The molecule has 3 aliphatic rings. The van der Waals surface area contributed by atoms with Gasteiger partial charge in [-0.1, -0.05) is 12.8 Å². The van der Waals surface area contributed by atoms with Crippen molar-refractivity contribution >= 4 is 11.6 Å². The summed E-state index contributed by atoms with van der Waals surface area (Å²) in [5.41, 5.74) is -0.404. The molecule has 6 nitrogen and oxygen atoms in total. The zero-order chi connectivity index (χ0) is 20.8. The highest BCUT2D eigenvalue weighted by Gasteiger charge is 2.44. The van der Waals surface area contributed by atoms with Gasteiger partial charge in [0, 0.05) is 6.07 Å². The number of hydrogen-bond donors (Lipinski definition) is 2. The van der Waals surface area contributed by atoms with Gasteiger partial charge in [-0.05, 0) is 44.9 Å². The van der Waals surface area contributed by atoms with E-state index >= 15 is 0 Å². The van der Waals surface area contributed by atoms with Gasteiger partial charge in [0.25, 0.3) is 11.8 Å². The lowest BCUT2D eigenvalue weighted by Gasteiger charge is -2.40. The Bertz CT molecular complexity index is 765. The normalized spacial score (nSPS) is 22.0. The summed E-state index contributed by atoms with van der Waals surface area (Å²) in [7, 11) is 0. The van der Waals surface area contributed by atoms with Crippen LogP contribution in [0.2, 0.25) is 0 Å². The van der Waals surface area contributed by atoms with Gasteiger partial charge in [-0.15, -0.1) is 0 Å². The number of carbonyl (C=O) groups excluding carboxylic acids is 1. The van der Waals surface area contributed by atoms with E-state index in [0.717, 1.165) is 25.7 Å². The molecule has 1 aromatic heterocycles. The SMILES string of the molecule is CC(C)(O)[C@H](CC1CC1)NC(=O)c1ncc(N2CC(F)(F)C2)cc1OCC1CC1. The van der Waals surface area contributed by atoms with Crippen LogP contribution < -0.4 is 15.0 Å². The third kappa shape index (κ3) is 5.15. The lowest BCUT2D eigenvalue weighted by Crippen LogP contribution is -2.56. The highest BCUT2D eigenvalue weighted by molar-refractivity contribution is 5.95. The minimum Gasteiger partial charge on any atom is -0.491 e. The second-order valence-corrected chi connectivity index (χ2v) is 9.37. The van der Waals surface area contributed by atoms with Crippen molar-refractivity contribution in [3.05, 3.63) is 18.0 Å². The fraction of sp³-hybridized carbons (Fsp3) is 0.714. The maximum Gasteiger partial charge on any atom is 0.282 e. The molecule has 0 aromatic carbocycles. The molecule has 1 aromatic rings. The Hall–Kier alpha value is -1.96. The second kappa shape index (κ2) is 7.38.